The smallest absolute Gasteiger partial charge is 0.410 e. The molecule has 0 aliphatic carbocycles. The molecule has 2 saturated heterocycles. The first-order valence-corrected chi connectivity index (χ1v) is 6.54. The monoisotopic (exact) mass is 254 g/mol. The zero-order valence-electron chi connectivity index (χ0n) is 11.4. The van der Waals surface area contributed by atoms with E-state index in [1.165, 1.54) is 0 Å². The largest absolute Gasteiger partial charge is 0.444 e. The summed E-state index contributed by atoms with van der Waals surface area (Å²) in [4.78, 5) is 25.7. The molecule has 0 bridgehead atoms. The van der Waals surface area contributed by atoms with Crippen LogP contribution >= 0.6 is 0 Å². The van der Waals surface area contributed by atoms with Crippen LogP contribution < -0.4 is 5.32 Å². The number of piperidine rings is 1. The maximum atomic E-state index is 12.0. The summed E-state index contributed by atoms with van der Waals surface area (Å²) in [6.07, 6.45) is 1.29. The SMILES string of the molecule is CC(C)(C)OC(=O)N1CCC2(CCNCC2=O)C1. The minimum absolute atomic E-state index is 0.236. The van der Waals surface area contributed by atoms with Crippen molar-refractivity contribution >= 4 is 11.9 Å². The number of rotatable bonds is 0. The van der Waals surface area contributed by atoms with Gasteiger partial charge in [-0.1, -0.05) is 0 Å². The molecule has 1 spiro atoms. The third-order valence-corrected chi connectivity index (χ3v) is 3.66. The molecule has 1 amide bonds. The number of carbonyl (C=O) groups is 2. The van der Waals surface area contributed by atoms with Gasteiger partial charge in [0.1, 0.15) is 5.60 Å². The Morgan fingerprint density at radius 3 is 2.72 bits per heavy atom. The second kappa shape index (κ2) is 4.53. The van der Waals surface area contributed by atoms with Crippen LogP contribution in [0.1, 0.15) is 33.6 Å². The second-order valence-electron chi connectivity index (χ2n) is 6.28. The topological polar surface area (TPSA) is 58.6 Å². The van der Waals surface area contributed by atoms with Crippen molar-refractivity contribution < 1.29 is 14.3 Å². The molecule has 0 aromatic heterocycles. The fourth-order valence-corrected chi connectivity index (χ4v) is 2.64. The van der Waals surface area contributed by atoms with Crippen LogP contribution in [0.4, 0.5) is 4.79 Å². The maximum absolute atomic E-state index is 12.0. The van der Waals surface area contributed by atoms with Gasteiger partial charge in [-0.2, -0.15) is 0 Å². The number of ether oxygens (including phenoxy) is 1. The summed E-state index contributed by atoms with van der Waals surface area (Å²) >= 11 is 0. The normalized spacial score (nSPS) is 28.8. The first kappa shape index (κ1) is 13.3. The first-order chi connectivity index (χ1) is 8.32. The van der Waals surface area contributed by atoms with Crippen molar-refractivity contribution in [3.8, 4) is 0 Å². The number of nitrogens with zero attached hydrogens (tertiary/aromatic N) is 1. The second-order valence-corrected chi connectivity index (χ2v) is 6.28. The number of hydrogen-bond donors (Lipinski definition) is 1. The van der Waals surface area contributed by atoms with E-state index in [2.05, 4.69) is 5.32 Å². The van der Waals surface area contributed by atoms with Gasteiger partial charge in [0.2, 0.25) is 0 Å². The predicted octanol–water partition coefficient (Wildman–Crippen LogP) is 1.18. The van der Waals surface area contributed by atoms with E-state index in [9.17, 15) is 9.59 Å². The standard InChI is InChI=1S/C13H22N2O3/c1-12(2,3)18-11(17)15-7-5-13(9-15)4-6-14-8-10(13)16/h14H,4-9H2,1-3H3. The number of likely N-dealkylation sites (tertiary alicyclic amines) is 1. The zero-order chi connectivity index (χ0) is 13.4. The van der Waals surface area contributed by atoms with Crippen LogP contribution in [0, 0.1) is 5.41 Å². The van der Waals surface area contributed by atoms with E-state index >= 15 is 0 Å². The molecule has 0 radical (unpaired) electrons. The van der Waals surface area contributed by atoms with Crippen molar-refractivity contribution in [3.63, 3.8) is 0 Å². The van der Waals surface area contributed by atoms with Gasteiger partial charge in [-0.25, -0.2) is 4.79 Å². The van der Waals surface area contributed by atoms with Crippen molar-refractivity contribution in [2.45, 2.75) is 39.2 Å². The van der Waals surface area contributed by atoms with Gasteiger partial charge in [-0.15, -0.1) is 0 Å². The molecular formula is C13H22N2O3. The highest BCUT2D eigenvalue weighted by Crippen LogP contribution is 2.36. The van der Waals surface area contributed by atoms with E-state index in [0.717, 1.165) is 19.4 Å². The van der Waals surface area contributed by atoms with Gasteiger partial charge in [-0.05, 0) is 40.2 Å². The van der Waals surface area contributed by atoms with Gasteiger partial charge >= 0.3 is 6.09 Å². The van der Waals surface area contributed by atoms with Crippen molar-refractivity contribution in [2.75, 3.05) is 26.2 Å². The van der Waals surface area contributed by atoms with Crippen LogP contribution in [0.15, 0.2) is 0 Å². The highest BCUT2D eigenvalue weighted by atomic mass is 16.6. The molecule has 2 aliphatic heterocycles. The van der Waals surface area contributed by atoms with Crippen molar-refractivity contribution in [3.05, 3.63) is 0 Å². The first-order valence-electron chi connectivity index (χ1n) is 6.54. The van der Waals surface area contributed by atoms with E-state index < -0.39 is 5.60 Å². The summed E-state index contributed by atoms with van der Waals surface area (Å²) in [6.45, 7) is 7.99. The van der Waals surface area contributed by atoms with Gasteiger partial charge in [0.05, 0.1) is 12.0 Å². The average molecular weight is 254 g/mol. The summed E-state index contributed by atoms with van der Waals surface area (Å²) in [5.41, 5.74) is -0.798. The fourth-order valence-electron chi connectivity index (χ4n) is 2.64. The molecule has 18 heavy (non-hydrogen) atoms. The molecule has 102 valence electrons. The van der Waals surface area contributed by atoms with Gasteiger partial charge in [0.25, 0.3) is 0 Å². The quantitative estimate of drug-likeness (QED) is 0.705. The van der Waals surface area contributed by atoms with Crippen molar-refractivity contribution in [2.24, 2.45) is 5.41 Å². The lowest BCUT2D eigenvalue weighted by Crippen LogP contribution is -2.48. The minimum Gasteiger partial charge on any atom is -0.444 e. The number of amides is 1. The Labute approximate surface area is 108 Å². The average Bonchev–Trinajstić information content (AvgIpc) is 2.66. The molecule has 2 heterocycles. The van der Waals surface area contributed by atoms with Gasteiger partial charge in [-0.3, -0.25) is 4.79 Å². The summed E-state index contributed by atoms with van der Waals surface area (Å²) < 4.78 is 5.35. The van der Waals surface area contributed by atoms with Crippen LogP contribution in [-0.2, 0) is 9.53 Å². The van der Waals surface area contributed by atoms with Crippen molar-refractivity contribution in [1.82, 2.24) is 10.2 Å². The summed E-state index contributed by atoms with van der Waals surface area (Å²) in [6, 6.07) is 0. The third-order valence-electron chi connectivity index (χ3n) is 3.66. The van der Waals surface area contributed by atoms with E-state index in [4.69, 9.17) is 4.74 Å². The van der Waals surface area contributed by atoms with Crippen LogP contribution in [0.2, 0.25) is 0 Å². The fraction of sp³-hybridized carbons (Fsp3) is 0.846. The Hall–Kier alpha value is -1.10. The Morgan fingerprint density at radius 1 is 1.39 bits per heavy atom. The maximum Gasteiger partial charge on any atom is 0.410 e. The van der Waals surface area contributed by atoms with Crippen LogP contribution in [0.5, 0.6) is 0 Å². The number of ketones is 1. The molecule has 0 saturated carbocycles. The molecule has 0 aromatic carbocycles. The lowest BCUT2D eigenvalue weighted by Gasteiger charge is -2.32. The lowest BCUT2D eigenvalue weighted by atomic mass is 9.77. The van der Waals surface area contributed by atoms with E-state index in [0.29, 0.717) is 19.6 Å². The molecule has 5 heteroatoms. The number of nitrogens with one attached hydrogen (secondary N) is 1. The molecule has 2 rings (SSSR count). The summed E-state index contributed by atoms with van der Waals surface area (Å²) in [7, 11) is 0. The van der Waals surface area contributed by atoms with Gasteiger partial charge < -0.3 is 15.0 Å². The Balaban J connectivity index is 1.99. The molecule has 5 nitrogen and oxygen atoms in total. The molecular weight excluding hydrogens is 232 g/mol. The highest BCUT2D eigenvalue weighted by molar-refractivity contribution is 5.88. The summed E-state index contributed by atoms with van der Waals surface area (Å²) in [5.74, 6) is 0.236. The molecule has 1 unspecified atom stereocenters. The third kappa shape index (κ3) is 2.66. The van der Waals surface area contributed by atoms with Gasteiger partial charge in [0, 0.05) is 13.1 Å². The van der Waals surface area contributed by atoms with Crippen LogP contribution in [0.25, 0.3) is 0 Å². The van der Waals surface area contributed by atoms with E-state index in [1.807, 2.05) is 20.8 Å². The molecule has 0 aromatic rings. The van der Waals surface area contributed by atoms with E-state index in [-0.39, 0.29) is 17.3 Å². The number of carbonyl (C=O) groups excluding carboxylic acids is 2. The molecule has 2 aliphatic rings. The van der Waals surface area contributed by atoms with Crippen molar-refractivity contribution in [1.29, 1.82) is 0 Å². The number of Topliss-reactive ketones (excluding diaryl/α,β-unsaturated/α-hetero) is 1. The molecule has 1 atom stereocenters. The van der Waals surface area contributed by atoms with Crippen LogP contribution in [0.3, 0.4) is 0 Å². The highest BCUT2D eigenvalue weighted by Gasteiger charge is 2.47. The van der Waals surface area contributed by atoms with E-state index in [1.54, 1.807) is 4.90 Å². The Morgan fingerprint density at radius 2 is 2.11 bits per heavy atom. The number of hydrogen-bond acceptors (Lipinski definition) is 4. The zero-order valence-corrected chi connectivity index (χ0v) is 11.4. The van der Waals surface area contributed by atoms with Crippen LogP contribution in [-0.4, -0.2) is 48.6 Å². The lowest BCUT2D eigenvalue weighted by molar-refractivity contribution is -0.129. The Kier molecular flexibility index (Phi) is 3.36. The predicted molar refractivity (Wildman–Crippen MR) is 67.4 cm³/mol. The summed E-state index contributed by atoms with van der Waals surface area (Å²) in [5, 5.41) is 3.08. The molecule has 1 N–H and O–H groups in total. The minimum atomic E-state index is -0.481. The Bertz CT molecular complexity index is 362. The molecule has 2 fully saturated rings. The van der Waals surface area contributed by atoms with Gasteiger partial charge in [0.15, 0.2) is 5.78 Å².